The maximum atomic E-state index is 6.04. The first-order chi connectivity index (χ1) is 7.99. The van der Waals surface area contributed by atoms with Gasteiger partial charge in [0.15, 0.2) is 0 Å². The molecular weight excluding hydrogens is 280 g/mol. The van der Waals surface area contributed by atoms with Crippen molar-refractivity contribution in [3.63, 3.8) is 0 Å². The molecule has 1 heterocycles. The van der Waals surface area contributed by atoms with Crippen molar-refractivity contribution in [2.75, 3.05) is 25.5 Å². The predicted octanol–water partition coefficient (Wildman–Crippen LogP) is 2.64. The number of anilines is 1. The van der Waals surface area contributed by atoms with Crippen LogP contribution in [0.15, 0.2) is 22.7 Å². The van der Waals surface area contributed by atoms with Gasteiger partial charge in [0.05, 0.1) is 13.2 Å². The van der Waals surface area contributed by atoms with Crippen molar-refractivity contribution >= 4 is 21.6 Å². The third-order valence-corrected chi connectivity index (χ3v) is 3.78. The largest absolute Gasteiger partial charge is 0.398 e. The summed E-state index contributed by atoms with van der Waals surface area (Å²) in [5.41, 5.74) is 8.15. The van der Waals surface area contributed by atoms with Gasteiger partial charge in [-0.2, -0.15) is 0 Å². The van der Waals surface area contributed by atoms with E-state index in [-0.39, 0.29) is 5.54 Å². The van der Waals surface area contributed by atoms with Gasteiger partial charge in [-0.15, -0.1) is 0 Å². The summed E-state index contributed by atoms with van der Waals surface area (Å²) >= 11 is 3.43. The smallest absolute Gasteiger partial charge is 0.0645 e. The van der Waals surface area contributed by atoms with Gasteiger partial charge in [0, 0.05) is 28.8 Å². The Hall–Kier alpha value is -0.580. The van der Waals surface area contributed by atoms with Gasteiger partial charge in [-0.25, -0.2) is 0 Å². The standard InChI is InChI=1S/C13H19BrN2O/c1-13(2)9-17-6-5-16(13)8-10-3-4-11(14)7-12(10)15/h3-4,7H,5-6,8-9,15H2,1-2H3. The van der Waals surface area contributed by atoms with Crippen molar-refractivity contribution in [1.82, 2.24) is 4.90 Å². The molecule has 0 saturated carbocycles. The van der Waals surface area contributed by atoms with Crippen LogP contribution in [-0.4, -0.2) is 30.2 Å². The third-order valence-electron chi connectivity index (χ3n) is 3.29. The summed E-state index contributed by atoms with van der Waals surface area (Å²) in [4.78, 5) is 2.43. The zero-order valence-electron chi connectivity index (χ0n) is 10.4. The van der Waals surface area contributed by atoms with Crippen LogP contribution in [0.4, 0.5) is 5.69 Å². The van der Waals surface area contributed by atoms with Crippen LogP contribution < -0.4 is 5.73 Å². The average Bonchev–Trinajstić information content (AvgIpc) is 2.24. The molecule has 0 atom stereocenters. The van der Waals surface area contributed by atoms with Crippen LogP contribution in [0.5, 0.6) is 0 Å². The summed E-state index contributed by atoms with van der Waals surface area (Å²) in [5, 5.41) is 0. The number of hydrogen-bond donors (Lipinski definition) is 1. The molecule has 1 aliphatic heterocycles. The molecule has 1 aromatic rings. The fraction of sp³-hybridized carbons (Fsp3) is 0.538. The summed E-state index contributed by atoms with van der Waals surface area (Å²) in [5.74, 6) is 0. The normalized spacial score (nSPS) is 20.4. The zero-order valence-corrected chi connectivity index (χ0v) is 12.0. The second-order valence-electron chi connectivity index (χ2n) is 5.13. The molecule has 0 aliphatic carbocycles. The SMILES string of the molecule is CC1(C)COCCN1Cc1ccc(Br)cc1N. The minimum absolute atomic E-state index is 0.0811. The van der Waals surface area contributed by atoms with Gasteiger partial charge in [0.1, 0.15) is 0 Å². The van der Waals surface area contributed by atoms with Crippen molar-refractivity contribution in [1.29, 1.82) is 0 Å². The number of morpholine rings is 1. The predicted molar refractivity (Wildman–Crippen MR) is 73.9 cm³/mol. The topological polar surface area (TPSA) is 38.5 Å². The molecule has 0 spiro atoms. The third kappa shape index (κ3) is 3.00. The van der Waals surface area contributed by atoms with Crippen LogP contribution in [-0.2, 0) is 11.3 Å². The molecule has 4 heteroatoms. The molecule has 1 aromatic carbocycles. The fourth-order valence-electron chi connectivity index (χ4n) is 2.10. The molecule has 2 N–H and O–H groups in total. The van der Waals surface area contributed by atoms with E-state index in [1.54, 1.807) is 0 Å². The van der Waals surface area contributed by atoms with Crippen molar-refractivity contribution in [2.24, 2.45) is 0 Å². The second kappa shape index (κ2) is 4.96. The molecule has 1 aliphatic rings. The van der Waals surface area contributed by atoms with Gasteiger partial charge in [0.25, 0.3) is 0 Å². The first kappa shape index (κ1) is 12.9. The Labute approximate surface area is 111 Å². The molecule has 3 nitrogen and oxygen atoms in total. The summed E-state index contributed by atoms with van der Waals surface area (Å²) < 4.78 is 6.55. The Morgan fingerprint density at radius 1 is 1.47 bits per heavy atom. The minimum atomic E-state index is 0.0811. The van der Waals surface area contributed by atoms with E-state index >= 15 is 0 Å². The van der Waals surface area contributed by atoms with Gasteiger partial charge < -0.3 is 10.5 Å². The zero-order chi connectivity index (χ0) is 12.5. The first-order valence-electron chi connectivity index (χ1n) is 5.86. The maximum absolute atomic E-state index is 6.04. The number of nitrogens with zero attached hydrogens (tertiary/aromatic N) is 1. The molecule has 1 saturated heterocycles. The minimum Gasteiger partial charge on any atom is -0.398 e. The van der Waals surface area contributed by atoms with Crippen LogP contribution >= 0.6 is 15.9 Å². The van der Waals surface area contributed by atoms with E-state index in [1.807, 2.05) is 12.1 Å². The van der Waals surface area contributed by atoms with Crippen LogP contribution in [0.3, 0.4) is 0 Å². The number of ether oxygens (including phenoxy) is 1. The molecule has 0 radical (unpaired) electrons. The van der Waals surface area contributed by atoms with E-state index in [0.29, 0.717) is 0 Å². The van der Waals surface area contributed by atoms with Crippen LogP contribution in [0.1, 0.15) is 19.4 Å². The monoisotopic (exact) mass is 298 g/mol. The number of nitrogen functional groups attached to an aromatic ring is 1. The molecule has 0 unspecified atom stereocenters. The highest BCUT2D eigenvalue weighted by molar-refractivity contribution is 9.10. The number of rotatable bonds is 2. The number of benzene rings is 1. The lowest BCUT2D eigenvalue weighted by Gasteiger charge is -2.42. The summed E-state index contributed by atoms with van der Waals surface area (Å²) in [7, 11) is 0. The van der Waals surface area contributed by atoms with Crippen molar-refractivity contribution in [3.05, 3.63) is 28.2 Å². The van der Waals surface area contributed by atoms with Gasteiger partial charge >= 0.3 is 0 Å². The van der Waals surface area contributed by atoms with Gasteiger partial charge in [0.2, 0.25) is 0 Å². The van der Waals surface area contributed by atoms with E-state index in [1.165, 1.54) is 5.56 Å². The molecule has 2 rings (SSSR count). The Morgan fingerprint density at radius 2 is 2.24 bits per heavy atom. The summed E-state index contributed by atoms with van der Waals surface area (Å²) in [6.07, 6.45) is 0. The Balaban J connectivity index is 2.14. The molecular formula is C13H19BrN2O. The molecule has 0 amide bonds. The van der Waals surface area contributed by atoms with E-state index in [9.17, 15) is 0 Å². The maximum Gasteiger partial charge on any atom is 0.0645 e. The Kier molecular flexibility index (Phi) is 3.76. The summed E-state index contributed by atoms with van der Waals surface area (Å²) in [6, 6.07) is 6.09. The van der Waals surface area contributed by atoms with E-state index in [4.69, 9.17) is 10.5 Å². The quantitative estimate of drug-likeness (QED) is 0.853. The molecule has 0 bridgehead atoms. The second-order valence-corrected chi connectivity index (χ2v) is 6.05. The van der Waals surface area contributed by atoms with E-state index in [2.05, 4.69) is 40.7 Å². The van der Waals surface area contributed by atoms with Gasteiger partial charge in [-0.1, -0.05) is 22.0 Å². The Bertz CT molecular complexity index is 406. The van der Waals surface area contributed by atoms with Gasteiger partial charge in [-0.3, -0.25) is 4.90 Å². The van der Waals surface area contributed by atoms with Crippen LogP contribution in [0, 0.1) is 0 Å². The number of halogens is 1. The fourth-order valence-corrected chi connectivity index (χ4v) is 2.48. The molecule has 17 heavy (non-hydrogen) atoms. The van der Waals surface area contributed by atoms with Crippen molar-refractivity contribution in [2.45, 2.75) is 25.9 Å². The van der Waals surface area contributed by atoms with Crippen molar-refractivity contribution in [3.8, 4) is 0 Å². The van der Waals surface area contributed by atoms with Gasteiger partial charge in [-0.05, 0) is 31.5 Å². The highest BCUT2D eigenvalue weighted by atomic mass is 79.9. The lowest BCUT2D eigenvalue weighted by molar-refractivity contribution is -0.0551. The highest BCUT2D eigenvalue weighted by Gasteiger charge is 2.30. The lowest BCUT2D eigenvalue weighted by Crippen LogP contribution is -2.52. The molecule has 94 valence electrons. The van der Waals surface area contributed by atoms with Crippen LogP contribution in [0.25, 0.3) is 0 Å². The average molecular weight is 299 g/mol. The molecule has 1 fully saturated rings. The summed E-state index contributed by atoms with van der Waals surface area (Å²) in [6.45, 7) is 7.85. The van der Waals surface area contributed by atoms with Crippen LogP contribution in [0.2, 0.25) is 0 Å². The van der Waals surface area contributed by atoms with Crippen molar-refractivity contribution < 1.29 is 4.74 Å². The number of nitrogens with two attached hydrogens (primary N) is 1. The van der Waals surface area contributed by atoms with E-state index in [0.717, 1.165) is 36.5 Å². The number of hydrogen-bond acceptors (Lipinski definition) is 3. The lowest BCUT2D eigenvalue weighted by atomic mass is 10.0. The Morgan fingerprint density at radius 3 is 2.88 bits per heavy atom. The van der Waals surface area contributed by atoms with E-state index < -0.39 is 0 Å². The first-order valence-corrected chi connectivity index (χ1v) is 6.65. The highest BCUT2D eigenvalue weighted by Crippen LogP contribution is 2.25. The molecule has 0 aromatic heterocycles.